The summed E-state index contributed by atoms with van der Waals surface area (Å²) in [7, 11) is 3.06. The fourth-order valence-electron chi connectivity index (χ4n) is 7.55. The first kappa shape index (κ1) is 39.0. The maximum atomic E-state index is 13.3. The van der Waals surface area contributed by atoms with Crippen molar-refractivity contribution in [3.8, 4) is 17.2 Å². The number of aromatic hydroxyl groups is 2. The van der Waals surface area contributed by atoms with Crippen molar-refractivity contribution in [2.75, 3.05) is 53.3 Å². The van der Waals surface area contributed by atoms with Crippen LogP contribution in [-0.4, -0.2) is 116 Å². The van der Waals surface area contributed by atoms with Gasteiger partial charge in [-0.05, 0) is 63.7 Å². The highest BCUT2D eigenvalue weighted by Crippen LogP contribution is 2.47. The molecule has 6 N–H and O–H groups in total. The summed E-state index contributed by atoms with van der Waals surface area (Å²) in [5.41, 5.74) is 0.652. The monoisotopic (exact) mass is 729 g/mol. The van der Waals surface area contributed by atoms with Crippen molar-refractivity contribution in [1.82, 2.24) is 10.2 Å². The number of nitrogens with zero attached hydrogens (tertiary/aromatic N) is 1. The van der Waals surface area contributed by atoms with Gasteiger partial charge in [0.15, 0.2) is 12.1 Å². The average Bonchev–Trinajstić information content (AvgIpc) is 3.12. The first-order chi connectivity index (χ1) is 24.6. The number of ketones is 2. The molecular weight excluding hydrogens is 678 g/mol. The van der Waals surface area contributed by atoms with E-state index in [0.717, 1.165) is 39.0 Å². The molecule has 280 valence electrons. The molecule has 3 aliphatic carbocycles. The summed E-state index contributed by atoms with van der Waals surface area (Å²) >= 11 is 1.25. The van der Waals surface area contributed by atoms with E-state index in [2.05, 4.69) is 10.2 Å². The van der Waals surface area contributed by atoms with E-state index in [1.807, 2.05) is 13.2 Å². The minimum Gasteiger partial charge on any atom is -0.507 e. The normalized spacial score (nSPS) is 25.8. The van der Waals surface area contributed by atoms with Gasteiger partial charge in [0.2, 0.25) is 11.7 Å². The SMILES string of the molecule is COC1CN(C2CCOC(C)C2O)CCO1.COc1cccc2c1C(=O)c1c(O)c3c(c(O)c1C2=O)CC(C(=O)NCC1CCC1)CC3.CSN. The molecule has 5 unspecified atom stereocenters. The minimum atomic E-state index is -0.553. The van der Waals surface area contributed by atoms with Crippen LogP contribution in [0, 0.1) is 11.8 Å². The number of rotatable bonds is 6. The second-order valence-electron chi connectivity index (χ2n) is 13.6. The van der Waals surface area contributed by atoms with Crippen LogP contribution in [0.15, 0.2) is 18.2 Å². The van der Waals surface area contributed by atoms with Gasteiger partial charge in [-0.3, -0.25) is 24.4 Å². The van der Waals surface area contributed by atoms with Crippen LogP contribution in [0.3, 0.4) is 0 Å². The fraction of sp³-hybridized carbons (Fsp3) is 0.595. The van der Waals surface area contributed by atoms with E-state index in [1.165, 1.54) is 31.5 Å². The summed E-state index contributed by atoms with van der Waals surface area (Å²) in [6.45, 7) is 5.55. The lowest BCUT2D eigenvalue weighted by molar-refractivity contribution is -0.190. The number of ether oxygens (including phenoxy) is 4. The summed E-state index contributed by atoms with van der Waals surface area (Å²) < 4.78 is 21.3. The van der Waals surface area contributed by atoms with Crippen LogP contribution in [0.25, 0.3) is 0 Å². The fourth-order valence-corrected chi connectivity index (χ4v) is 7.55. The number of aliphatic hydroxyl groups is 1. The molecule has 0 bridgehead atoms. The highest BCUT2D eigenvalue weighted by atomic mass is 32.2. The third kappa shape index (κ3) is 8.22. The molecule has 7 rings (SSSR count). The Kier molecular flexibility index (Phi) is 13.4. The van der Waals surface area contributed by atoms with Gasteiger partial charge in [0.05, 0.1) is 42.6 Å². The van der Waals surface area contributed by atoms with Crippen molar-refractivity contribution in [2.24, 2.45) is 17.0 Å². The van der Waals surface area contributed by atoms with Crippen LogP contribution >= 0.6 is 11.9 Å². The number of aliphatic hydroxyl groups excluding tert-OH is 1. The Morgan fingerprint density at radius 3 is 2.39 bits per heavy atom. The minimum absolute atomic E-state index is 0.0726. The predicted molar refractivity (Wildman–Crippen MR) is 191 cm³/mol. The number of carbonyl (C=O) groups excluding carboxylic acids is 3. The topological polar surface area (TPSA) is 190 Å². The third-order valence-electron chi connectivity index (χ3n) is 10.7. The number of amides is 1. The van der Waals surface area contributed by atoms with Crippen LogP contribution < -0.4 is 15.2 Å². The highest BCUT2D eigenvalue weighted by Gasteiger charge is 2.41. The second kappa shape index (κ2) is 17.5. The zero-order valence-corrected chi connectivity index (χ0v) is 30.6. The molecular formula is C37H51N3O10S. The number of methoxy groups -OCH3 is 2. The number of phenolic OH excluding ortho intramolecular Hbond substituents is 2. The van der Waals surface area contributed by atoms with Crippen molar-refractivity contribution >= 4 is 29.4 Å². The zero-order chi connectivity index (χ0) is 36.8. The number of nitrogens with two attached hydrogens (primary N) is 1. The van der Waals surface area contributed by atoms with Gasteiger partial charge >= 0.3 is 0 Å². The van der Waals surface area contributed by atoms with Gasteiger partial charge in [-0.1, -0.05) is 30.5 Å². The van der Waals surface area contributed by atoms with Crippen LogP contribution in [0.2, 0.25) is 0 Å². The smallest absolute Gasteiger partial charge is 0.223 e. The van der Waals surface area contributed by atoms with Crippen molar-refractivity contribution in [2.45, 2.75) is 76.4 Å². The number of hydrogen-bond acceptors (Lipinski definition) is 13. The first-order valence-electron chi connectivity index (χ1n) is 17.6. The van der Waals surface area contributed by atoms with Gasteiger partial charge in [-0.25, -0.2) is 0 Å². The largest absolute Gasteiger partial charge is 0.507 e. The maximum Gasteiger partial charge on any atom is 0.223 e. The number of nitrogens with one attached hydrogen (secondary N) is 1. The molecule has 2 aromatic carbocycles. The van der Waals surface area contributed by atoms with E-state index in [1.54, 1.807) is 19.2 Å². The number of carbonyl (C=O) groups is 3. The van der Waals surface area contributed by atoms with Crippen LogP contribution in [-0.2, 0) is 31.8 Å². The summed E-state index contributed by atoms with van der Waals surface area (Å²) in [6, 6.07) is 4.86. The molecule has 2 saturated heterocycles. The Labute approximate surface area is 303 Å². The van der Waals surface area contributed by atoms with Gasteiger partial charge in [-0.2, -0.15) is 0 Å². The Bertz CT molecular complexity index is 1580. The Balaban J connectivity index is 0.000000222. The van der Waals surface area contributed by atoms with Crippen molar-refractivity contribution in [3.63, 3.8) is 0 Å². The molecule has 3 fully saturated rings. The van der Waals surface area contributed by atoms with E-state index in [-0.39, 0.29) is 76.2 Å². The predicted octanol–water partition coefficient (Wildman–Crippen LogP) is 2.96. The molecule has 1 saturated carbocycles. The molecule has 51 heavy (non-hydrogen) atoms. The van der Waals surface area contributed by atoms with Crippen LogP contribution in [0.5, 0.6) is 17.2 Å². The lowest BCUT2D eigenvalue weighted by Gasteiger charge is -2.43. The lowest BCUT2D eigenvalue weighted by Crippen LogP contribution is -2.57. The molecule has 14 heteroatoms. The number of hydrogen-bond donors (Lipinski definition) is 5. The molecule has 0 radical (unpaired) electrons. The maximum absolute atomic E-state index is 13.3. The standard InChI is InChI=1S/C25H25NO6.C11H21NO4.CH5NS/c1-32-17-7-3-6-15-18(17)24(30)20-19(22(15)28)23(29)16-10-13(8-9-14(16)21(20)27)25(31)26-11-12-4-2-5-12;1-8-11(13)9(3-5-15-8)12-4-6-16-10(7-12)14-2;1-3-2/h3,6-7,12-13,27,29H,2,4-5,8-11H2,1H3,(H,26,31);8-11,13H,3-7H2,1-2H3;2H2,1H3. The molecule has 2 aromatic rings. The van der Waals surface area contributed by atoms with E-state index in [9.17, 15) is 29.7 Å². The molecule has 5 atom stereocenters. The average molecular weight is 730 g/mol. The Morgan fingerprint density at radius 2 is 1.73 bits per heavy atom. The van der Waals surface area contributed by atoms with Gasteiger partial charge < -0.3 is 39.6 Å². The van der Waals surface area contributed by atoms with Gasteiger partial charge in [-0.15, -0.1) is 0 Å². The second-order valence-corrected chi connectivity index (χ2v) is 14.1. The zero-order valence-electron chi connectivity index (χ0n) is 29.8. The Morgan fingerprint density at radius 1 is 1.02 bits per heavy atom. The van der Waals surface area contributed by atoms with Crippen molar-refractivity contribution in [1.29, 1.82) is 0 Å². The number of fused-ring (bicyclic) bond motifs is 3. The van der Waals surface area contributed by atoms with Crippen LogP contribution in [0.4, 0.5) is 0 Å². The van der Waals surface area contributed by atoms with Gasteiger partial charge in [0.1, 0.15) is 17.2 Å². The quantitative estimate of drug-likeness (QED) is 0.184. The summed E-state index contributed by atoms with van der Waals surface area (Å²) in [5, 5.41) is 39.9. The number of benzene rings is 2. The van der Waals surface area contributed by atoms with Crippen molar-refractivity contribution < 1.29 is 48.7 Å². The summed E-state index contributed by atoms with van der Waals surface area (Å²) in [5.74, 6) is -1.33. The highest BCUT2D eigenvalue weighted by molar-refractivity contribution is 7.96. The molecule has 0 spiro atoms. The lowest BCUT2D eigenvalue weighted by atomic mass is 9.75. The molecule has 1 amide bonds. The molecule has 2 aliphatic heterocycles. The third-order valence-corrected chi connectivity index (χ3v) is 10.7. The van der Waals surface area contributed by atoms with Crippen LogP contribution in [0.1, 0.15) is 82.0 Å². The summed E-state index contributed by atoms with van der Waals surface area (Å²) in [4.78, 5) is 41.5. The van der Waals surface area contributed by atoms with E-state index < -0.39 is 17.7 Å². The van der Waals surface area contributed by atoms with E-state index in [4.69, 9.17) is 24.1 Å². The number of morpholine rings is 1. The molecule has 13 nitrogen and oxygen atoms in total. The van der Waals surface area contributed by atoms with Gasteiger partial charge in [0, 0.05) is 62.0 Å². The van der Waals surface area contributed by atoms with E-state index in [0.29, 0.717) is 43.0 Å². The van der Waals surface area contributed by atoms with E-state index >= 15 is 0 Å². The first-order valence-corrected chi connectivity index (χ1v) is 18.9. The summed E-state index contributed by atoms with van der Waals surface area (Å²) in [6.07, 6.45) is 6.56. The molecule has 2 heterocycles. The molecule has 5 aliphatic rings. The Hall–Kier alpha value is -3.24. The number of phenols is 2. The molecule has 0 aromatic heterocycles. The van der Waals surface area contributed by atoms with Gasteiger partial charge in [0.25, 0.3) is 0 Å². The van der Waals surface area contributed by atoms with Crippen molar-refractivity contribution in [3.05, 3.63) is 51.6 Å².